The molecule has 0 aromatic carbocycles. The molecule has 3 rings (SSSR count). The average molecular weight is 487 g/mol. The molecule has 2 aliphatic rings. The maximum atomic E-state index is 13.8. The number of halogens is 3. The molecule has 1 aromatic heterocycles. The second-order valence-electron chi connectivity index (χ2n) is 9.79. The molecule has 0 N–H and O–H groups in total. The normalized spacial score (nSPS) is 22.8. The first-order valence-corrected chi connectivity index (χ1v) is 11.0. The Morgan fingerprint density at radius 3 is 2.50 bits per heavy atom. The Morgan fingerprint density at radius 2 is 1.94 bits per heavy atom. The molecule has 1 aliphatic carbocycles. The van der Waals surface area contributed by atoms with E-state index in [0.29, 0.717) is 17.7 Å². The van der Waals surface area contributed by atoms with Crippen molar-refractivity contribution in [2.75, 3.05) is 18.0 Å². The Hall–Kier alpha value is -2.92. The molecule has 1 aromatic rings. The van der Waals surface area contributed by atoms with E-state index in [1.165, 1.54) is 11.8 Å². The number of hydrogen-bond donors (Lipinski definition) is 0. The fourth-order valence-corrected chi connectivity index (χ4v) is 4.67. The summed E-state index contributed by atoms with van der Waals surface area (Å²) in [4.78, 5) is 40.3. The van der Waals surface area contributed by atoms with Gasteiger partial charge in [0.15, 0.2) is 0 Å². The number of rotatable bonds is 5. The van der Waals surface area contributed by atoms with Crippen LogP contribution in [0.1, 0.15) is 64.3 Å². The largest absolute Gasteiger partial charge is 0.460 e. The number of carbonyl (C=O) groups excluding carboxylic acids is 2. The lowest BCUT2D eigenvalue weighted by molar-refractivity contribution is -0.384. The first-order chi connectivity index (χ1) is 15.7. The second kappa shape index (κ2) is 9.38. The number of alkyl halides is 3. The van der Waals surface area contributed by atoms with Gasteiger partial charge in [0.25, 0.3) is 0 Å². The van der Waals surface area contributed by atoms with E-state index in [1.807, 2.05) is 0 Å². The first kappa shape index (κ1) is 25.7. The number of nitrogens with zero attached hydrogens (tertiary/aromatic N) is 3. The van der Waals surface area contributed by atoms with Crippen LogP contribution in [0.5, 0.6) is 0 Å². The van der Waals surface area contributed by atoms with Crippen LogP contribution in [0, 0.1) is 22.0 Å². The standard InChI is InChI=1S/C22H28F3N3O6/c1-12(29)33-17-6-5-15-19(17)26-9-16(28(31)32)20(15)27-10-13(7-14(11-27)22(23,24)25)8-18(30)34-21(2,3)4/h9,13-14,17H,5-8,10-11H2,1-4H3/t13-,14-,17?/m1/s1. The van der Waals surface area contributed by atoms with Gasteiger partial charge in [0, 0.05) is 25.6 Å². The summed E-state index contributed by atoms with van der Waals surface area (Å²) in [6, 6.07) is 0. The monoisotopic (exact) mass is 487 g/mol. The zero-order chi connectivity index (χ0) is 25.4. The second-order valence-corrected chi connectivity index (χ2v) is 9.79. The minimum Gasteiger partial charge on any atom is -0.460 e. The van der Waals surface area contributed by atoms with Crippen LogP contribution in [-0.2, 0) is 25.5 Å². The number of piperidine rings is 1. The summed E-state index contributed by atoms with van der Waals surface area (Å²) < 4.78 is 51.9. The fraction of sp³-hybridized carbons (Fsp3) is 0.682. The Morgan fingerprint density at radius 1 is 1.26 bits per heavy atom. The summed E-state index contributed by atoms with van der Waals surface area (Å²) >= 11 is 0. The van der Waals surface area contributed by atoms with E-state index in [9.17, 15) is 32.9 Å². The zero-order valence-corrected chi connectivity index (χ0v) is 19.5. The quantitative estimate of drug-likeness (QED) is 0.344. The van der Waals surface area contributed by atoms with Crippen molar-refractivity contribution in [1.29, 1.82) is 0 Å². The van der Waals surface area contributed by atoms with E-state index in [1.54, 1.807) is 20.8 Å². The SMILES string of the molecule is CC(=O)OC1CCc2c1ncc([N+](=O)[O-])c2N1C[C@@H](CC(=O)OC(C)(C)C)C[C@@H](C(F)(F)F)C1. The molecule has 0 saturated carbocycles. The van der Waals surface area contributed by atoms with Gasteiger partial charge in [-0.25, -0.2) is 4.98 Å². The van der Waals surface area contributed by atoms with E-state index < -0.39 is 58.8 Å². The maximum absolute atomic E-state index is 13.8. The van der Waals surface area contributed by atoms with Crippen molar-refractivity contribution in [2.45, 2.75) is 71.3 Å². The molecule has 3 atom stereocenters. The fourth-order valence-electron chi connectivity index (χ4n) is 4.67. The molecule has 188 valence electrons. The summed E-state index contributed by atoms with van der Waals surface area (Å²) in [6.07, 6.45) is -4.19. The Kier molecular flexibility index (Phi) is 7.09. The number of esters is 2. The summed E-state index contributed by atoms with van der Waals surface area (Å²) in [5, 5.41) is 11.8. The van der Waals surface area contributed by atoms with Gasteiger partial charge in [-0.05, 0) is 46.0 Å². The first-order valence-electron chi connectivity index (χ1n) is 11.0. The number of anilines is 1. The molecule has 2 heterocycles. The third-order valence-corrected chi connectivity index (χ3v) is 5.82. The molecule has 0 radical (unpaired) electrons. The third-order valence-electron chi connectivity index (χ3n) is 5.82. The van der Waals surface area contributed by atoms with Gasteiger partial charge < -0.3 is 14.4 Å². The molecule has 0 amide bonds. The van der Waals surface area contributed by atoms with Gasteiger partial charge in [0.05, 0.1) is 23.0 Å². The van der Waals surface area contributed by atoms with Crippen molar-refractivity contribution >= 4 is 23.3 Å². The molecular weight excluding hydrogens is 459 g/mol. The summed E-state index contributed by atoms with van der Waals surface area (Å²) in [7, 11) is 0. The van der Waals surface area contributed by atoms with Crippen molar-refractivity contribution in [3.05, 3.63) is 27.6 Å². The molecule has 1 unspecified atom stereocenters. The van der Waals surface area contributed by atoms with E-state index >= 15 is 0 Å². The van der Waals surface area contributed by atoms with Crippen LogP contribution in [-0.4, -0.2) is 46.7 Å². The molecular formula is C22H28F3N3O6. The number of carbonyl (C=O) groups is 2. The molecule has 0 bridgehead atoms. The van der Waals surface area contributed by atoms with Gasteiger partial charge in [0.2, 0.25) is 0 Å². The molecule has 34 heavy (non-hydrogen) atoms. The minimum absolute atomic E-state index is 0.0152. The lowest BCUT2D eigenvalue weighted by Crippen LogP contribution is -2.47. The highest BCUT2D eigenvalue weighted by Crippen LogP contribution is 2.46. The Labute approximate surface area is 194 Å². The number of nitro groups is 1. The number of hydrogen-bond acceptors (Lipinski definition) is 8. The van der Waals surface area contributed by atoms with E-state index in [2.05, 4.69) is 4.98 Å². The number of fused-ring (bicyclic) bond motifs is 1. The predicted molar refractivity (Wildman–Crippen MR) is 114 cm³/mol. The highest BCUT2D eigenvalue weighted by atomic mass is 19.4. The zero-order valence-electron chi connectivity index (χ0n) is 19.5. The van der Waals surface area contributed by atoms with Gasteiger partial charge in [-0.1, -0.05) is 0 Å². The van der Waals surface area contributed by atoms with Gasteiger partial charge in [0.1, 0.15) is 23.6 Å². The molecule has 1 fully saturated rings. The van der Waals surface area contributed by atoms with Gasteiger partial charge in [-0.3, -0.25) is 19.7 Å². The smallest absolute Gasteiger partial charge is 0.393 e. The van der Waals surface area contributed by atoms with Crippen LogP contribution in [0.4, 0.5) is 24.5 Å². The molecule has 1 aliphatic heterocycles. The molecule has 12 heteroatoms. The van der Waals surface area contributed by atoms with Crippen molar-refractivity contribution in [1.82, 2.24) is 4.98 Å². The van der Waals surface area contributed by atoms with Crippen LogP contribution < -0.4 is 4.90 Å². The van der Waals surface area contributed by atoms with Crippen molar-refractivity contribution < 1.29 is 37.2 Å². The molecule has 0 spiro atoms. The number of aromatic nitrogens is 1. The average Bonchev–Trinajstić information content (AvgIpc) is 3.06. The van der Waals surface area contributed by atoms with Crippen molar-refractivity contribution in [2.24, 2.45) is 11.8 Å². The van der Waals surface area contributed by atoms with Gasteiger partial charge in [-0.2, -0.15) is 13.2 Å². The molecule has 9 nitrogen and oxygen atoms in total. The topological polar surface area (TPSA) is 112 Å². The number of pyridine rings is 1. The lowest BCUT2D eigenvalue weighted by atomic mass is 9.86. The predicted octanol–water partition coefficient (Wildman–Crippen LogP) is 4.28. The van der Waals surface area contributed by atoms with Crippen LogP contribution in [0.3, 0.4) is 0 Å². The van der Waals surface area contributed by atoms with Crippen LogP contribution in [0.15, 0.2) is 6.20 Å². The Bertz CT molecular complexity index is 976. The van der Waals surface area contributed by atoms with E-state index in [0.717, 1.165) is 6.20 Å². The van der Waals surface area contributed by atoms with E-state index in [-0.39, 0.29) is 31.5 Å². The highest BCUT2D eigenvalue weighted by molar-refractivity contribution is 5.72. The summed E-state index contributed by atoms with van der Waals surface area (Å²) in [5.74, 6) is -3.66. The van der Waals surface area contributed by atoms with Crippen LogP contribution in [0.2, 0.25) is 0 Å². The lowest BCUT2D eigenvalue weighted by Gasteiger charge is -2.40. The van der Waals surface area contributed by atoms with Gasteiger partial charge >= 0.3 is 23.8 Å². The molecule has 1 saturated heterocycles. The number of ether oxygens (including phenoxy) is 2. The van der Waals surface area contributed by atoms with Gasteiger partial charge in [-0.15, -0.1) is 0 Å². The maximum Gasteiger partial charge on any atom is 0.393 e. The van der Waals surface area contributed by atoms with E-state index in [4.69, 9.17) is 9.47 Å². The minimum atomic E-state index is -4.55. The summed E-state index contributed by atoms with van der Waals surface area (Å²) in [5.41, 5.74) is -0.438. The summed E-state index contributed by atoms with van der Waals surface area (Å²) in [6.45, 7) is 5.76. The third kappa shape index (κ3) is 5.95. The van der Waals surface area contributed by atoms with Crippen LogP contribution in [0.25, 0.3) is 0 Å². The van der Waals surface area contributed by atoms with Crippen molar-refractivity contribution in [3.63, 3.8) is 0 Å². The van der Waals surface area contributed by atoms with Crippen molar-refractivity contribution in [3.8, 4) is 0 Å². The Balaban J connectivity index is 1.99. The van der Waals surface area contributed by atoms with Crippen LogP contribution >= 0.6 is 0 Å². The highest BCUT2D eigenvalue weighted by Gasteiger charge is 2.47.